The maximum atomic E-state index is 12.0. The molecule has 0 saturated carbocycles. The van der Waals surface area contributed by atoms with Crippen LogP contribution < -0.4 is 5.32 Å². The van der Waals surface area contributed by atoms with Crippen molar-refractivity contribution in [2.75, 3.05) is 5.32 Å². The summed E-state index contributed by atoms with van der Waals surface area (Å²) in [4.78, 5) is 24.4. The van der Waals surface area contributed by atoms with Gasteiger partial charge in [-0.15, -0.1) is 0 Å². The van der Waals surface area contributed by atoms with Crippen molar-refractivity contribution in [3.63, 3.8) is 0 Å². The van der Waals surface area contributed by atoms with Crippen LogP contribution in [-0.4, -0.2) is 20.9 Å². The molecule has 19 heavy (non-hydrogen) atoms. The van der Waals surface area contributed by atoms with Gasteiger partial charge < -0.3 is 0 Å². The second kappa shape index (κ2) is 4.74. The number of rotatable bonds is 2. The quantitative estimate of drug-likeness (QED) is 0.777. The van der Waals surface area contributed by atoms with Crippen molar-refractivity contribution in [1.29, 1.82) is 0 Å². The first-order valence-electron chi connectivity index (χ1n) is 5.69. The maximum absolute atomic E-state index is 12.0. The fraction of sp³-hybridized carbons (Fsp3) is 0.0769. The number of nitrogens with one attached hydrogen (secondary N) is 1. The van der Waals surface area contributed by atoms with E-state index < -0.39 is 0 Å². The van der Waals surface area contributed by atoms with Gasteiger partial charge in [0.25, 0.3) is 5.91 Å². The van der Waals surface area contributed by atoms with Crippen molar-refractivity contribution in [2.24, 2.45) is 0 Å². The highest BCUT2D eigenvalue weighted by Crippen LogP contribution is 2.25. The zero-order valence-corrected chi connectivity index (χ0v) is 10.9. The van der Waals surface area contributed by atoms with Gasteiger partial charge in [-0.2, -0.15) is 0 Å². The molecular weight excluding hydrogens is 260 g/mol. The van der Waals surface area contributed by atoms with E-state index in [-0.39, 0.29) is 5.91 Å². The topological polar surface area (TPSA) is 67.8 Å². The molecule has 1 N–H and O–H groups in total. The predicted molar refractivity (Wildman–Crippen MR) is 74.3 cm³/mol. The highest BCUT2D eigenvalue weighted by atomic mass is 32.1. The van der Waals surface area contributed by atoms with Crippen LogP contribution in [0.15, 0.2) is 36.5 Å². The molecule has 5 nitrogen and oxygen atoms in total. The molecule has 0 atom stereocenters. The molecule has 94 valence electrons. The Morgan fingerprint density at radius 3 is 2.84 bits per heavy atom. The van der Waals surface area contributed by atoms with Gasteiger partial charge in [0.05, 0.1) is 10.2 Å². The van der Waals surface area contributed by atoms with Crippen LogP contribution in [-0.2, 0) is 0 Å². The molecule has 3 aromatic rings. The Kier molecular flexibility index (Phi) is 2.92. The Morgan fingerprint density at radius 2 is 2.05 bits per heavy atom. The Balaban J connectivity index is 1.86. The predicted octanol–water partition coefficient (Wildman–Crippen LogP) is 2.65. The first-order chi connectivity index (χ1) is 9.22. The number of anilines is 1. The van der Waals surface area contributed by atoms with Crippen LogP contribution in [0.3, 0.4) is 0 Å². The standard InChI is InChI=1S/C13H10N4OS/c1-8-14-7-6-10(15-8)12(18)17-13-16-9-4-2-3-5-11(9)19-13/h2-7H,1H3,(H,16,17,18). The summed E-state index contributed by atoms with van der Waals surface area (Å²) in [6.07, 6.45) is 1.57. The summed E-state index contributed by atoms with van der Waals surface area (Å²) in [5, 5.41) is 3.32. The molecule has 0 unspecified atom stereocenters. The Bertz CT molecular complexity index is 720. The van der Waals surface area contributed by atoms with Gasteiger partial charge in [-0.25, -0.2) is 15.0 Å². The van der Waals surface area contributed by atoms with Crippen molar-refractivity contribution >= 4 is 32.6 Å². The van der Waals surface area contributed by atoms with Gasteiger partial charge in [-0.1, -0.05) is 23.5 Å². The molecule has 1 amide bonds. The van der Waals surface area contributed by atoms with Crippen molar-refractivity contribution in [3.05, 3.63) is 48.0 Å². The SMILES string of the molecule is Cc1nccc(C(=O)Nc2nc3ccccc3s2)n1. The van der Waals surface area contributed by atoms with Crippen molar-refractivity contribution in [1.82, 2.24) is 15.0 Å². The highest BCUT2D eigenvalue weighted by Gasteiger charge is 2.11. The number of para-hydroxylation sites is 1. The fourth-order valence-corrected chi connectivity index (χ4v) is 2.53. The Morgan fingerprint density at radius 1 is 1.21 bits per heavy atom. The molecule has 0 aliphatic carbocycles. The van der Waals surface area contributed by atoms with Crippen LogP contribution >= 0.6 is 11.3 Å². The van der Waals surface area contributed by atoms with E-state index in [0.29, 0.717) is 16.6 Å². The Hall–Kier alpha value is -2.34. The minimum atomic E-state index is -0.274. The average molecular weight is 270 g/mol. The average Bonchev–Trinajstić information content (AvgIpc) is 2.80. The van der Waals surface area contributed by atoms with Crippen molar-refractivity contribution in [2.45, 2.75) is 6.92 Å². The summed E-state index contributed by atoms with van der Waals surface area (Å²) >= 11 is 1.44. The van der Waals surface area contributed by atoms with E-state index in [0.717, 1.165) is 10.2 Å². The van der Waals surface area contributed by atoms with Gasteiger partial charge in [-0.3, -0.25) is 10.1 Å². The lowest BCUT2D eigenvalue weighted by molar-refractivity contribution is 0.102. The number of benzene rings is 1. The lowest BCUT2D eigenvalue weighted by atomic mass is 10.3. The summed E-state index contributed by atoms with van der Waals surface area (Å²) < 4.78 is 1.04. The number of aromatic nitrogens is 3. The molecule has 1 aromatic carbocycles. The van der Waals surface area contributed by atoms with E-state index in [1.807, 2.05) is 24.3 Å². The van der Waals surface area contributed by atoms with Crippen LogP contribution in [0.5, 0.6) is 0 Å². The third-order valence-corrected chi connectivity index (χ3v) is 3.47. The van der Waals surface area contributed by atoms with Crippen LogP contribution in [0, 0.1) is 6.92 Å². The van der Waals surface area contributed by atoms with Gasteiger partial charge in [0.15, 0.2) is 5.13 Å². The molecule has 0 saturated heterocycles. The second-order valence-corrected chi connectivity index (χ2v) is 4.96. The van der Waals surface area contributed by atoms with Crippen LogP contribution in [0.2, 0.25) is 0 Å². The highest BCUT2D eigenvalue weighted by molar-refractivity contribution is 7.22. The number of amides is 1. The molecule has 0 fully saturated rings. The monoisotopic (exact) mass is 270 g/mol. The third-order valence-electron chi connectivity index (χ3n) is 2.52. The number of aryl methyl sites for hydroxylation is 1. The molecule has 0 bridgehead atoms. The summed E-state index contributed by atoms with van der Waals surface area (Å²) in [6, 6.07) is 9.32. The molecule has 2 heterocycles. The lowest BCUT2D eigenvalue weighted by Crippen LogP contribution is -2.14. The number of thiazole rings is 1. The van der Waals surface area contributed by atoms with Crippen molar-refractivity contribution in [3.8, 4) is 0 Å². The number of carbonyl (C=O) groups is 1. The molecule has 6 heteroatoms. The first-order valence-corrected chi connectivity index (χ1v) is 6.50. The molecular formula is C13H10N4OS. The minimum absolute atomic E-state index is 0.274. The molecule has 0 radical (unpaired) electrons. The van der Waals surface area contributed by atoms with Gasteiger partial charge in [0, 0.05) is 6.20 Å². The van der Waals surface area contributed by atoms with Gasteiger partial charge in [-0.05, 0) is 25.1 Å². The van der Waals surface area contributed by atoms with E-state index in [2.05, 4.69) is 20.3 Å². The number of hydrogen-bond donors (Lipinski definition) is 1. The third kappa shape index (κ3) is 2.43. The molecule has 0 aliphatic heterocycles. The van der Waals surface area contributed by atoms with E-state index in [4.69, 9.17) is 0 Å². The van der Waals surface area contributed by atoms with E-state index >= 15 is 0 Å². The summed E-state index contributed by atoms with van der Waals surface area (Å²) in [5.41, 5.74) is 1.22. The van der Waals surface area contributed by atoms with E-state index in [1.54, 1.807) is 19.2 Å². The first kappa shape index (κ1) is 11.7. The second-order valence-electron chi connectivity index (χ2n) is 3.93. The summed E-state index contributed by atoms with van der Waals surface area (Å²) in [5.74, 6) is 0.293. The molecule has 0 aliphatic rings. The summed E-state index contributed by atoms with van der Waals surface area (Å²) in [6.45, 7) is 1.74. The zero-order valence-electron chi connectivity index (χ0n) is 10.1. The molecule has 2 aromatic heterocycles. The van der Waals surface area contributed by atoms with Crippen molar-refractivity contribution < 1.29 is 4.79 Å². The number of carbonyl (C=O) groups excluding carboxylic acids is 1. The minimum Gasteiger partial charge on any atom is -0.296 e. The number of hydrogen-bond acceptors (Lipinski definition) is 5. The zero-order chi connectivity index (χ0) is 13.2. The number of nitrogens with zero attached hydrogens (tertiary/aromatic N) is 3. The van der Waals surface area contributed by atoms with Gasteiger partial charge >= 0.3 is 0 Å². The fourth-order valence-electron chi connectivity index (χ4n) is 1.67. The van der Waals surface area contributed by atoms with E-state index in [9.17, 15) is 4.79 Å². The van der Waals surface area contributed by atoms with Gasteiger partial charge in [0.1, 0.15) is 11.5 Å². The van der Waals surface area contributed by atoms with Crippen LogP contribution in [0.4, 0.5) is 5.13 Å². The summed E-state index contributed by atoms with van der Waals surface area (Å²) in [7, 11) is 0. The van der Waals surface area contributed by atoms with Crippen LogP contribution in [0.25, 0.3) is 10.2 Å². The van der Waals surface area contributed by atoms with Crippen LogP contribution in [0.1, 0.15) is 16.3 Å². The largest absolute Gasteiger partial charge is 0.296 e. The Labute approximate surface area is 113 Å². The smallest absolute Gasteiger partial charge is 0.276 e. The molecule has 3 rings (SSSR count). The lowest BCUT2D eigenvalue weighted by Gasteiger charge is -2.00. The number of fused-ring (bicyclic) bond motifs is 1. The van der Waals surface area contributed by atoms with E-state index in [1.165, 1.54) is 11.3 Å². The normalized spacial score (nSPS) is 10.6. The van der Waals surface area contributed by atoms with Gasteiger partial charge in [0.2, 0.25) is 0 Å². The molecule has 0 spiro atoms. The maximum Gasteiger partial charge on any atom is 0.276 e.